The van der Waals surface area contributed by atoms with Gasteiger partial charge in [0.1, 0.15) is 29.7 Å². The fourth-order valence-electron chi connectivity index (χ4n) is 2.92. The maximum atomic E-state index is 11.4. The van der Waals surface area contributed by atoms with Crippen molar-refractivity contribution in [2.75, 3.05) is 36.5 Å². The van der Waals surface area contributed by atoms with Crippen LogP contribution in [0.15, 0.2) is 24.8 Å². The van der Waals surface area contributed by atoms with Gasteiger partial charge in [0.15, 0.2) is 5.82 Å². The van der Waals surface area contributed by atoms with Crippen LogP contribution in [0.4, 0.5) is 11.6 Å². The van der Waals surface area contributed by atoms with E-state index in [4.69, 9.17) is 15.5 Å². The highest BCUT2D eigenvalue weighted by Crippen LogP contribution is 2.28. The van der Waals surface area contributed by atoms with E-state index in [-0.39, 0.29) is 0 Å². The number of fused-ring (bicyclic) bond motifs is 1. The normalized spacial score (nSPS) is 15.7. The predicted molar refractivity (Wildman–Crippen MR) is 100 cm³/mol. The number of hydrogen-bond acceptors (Lipinski definition) is 8. The van der Waals surface area contributed by atoms with Crippen LogP contribution in [0, 0.1) is 0 Å². The number of rotatable bonds is 5. The molecular formula is C17H20N8O2. The zero-order chi connectivity index (χ0) is 18.8. The zero-order valence-corrected chi connectivity index (χ0v) is 14.8. The SMILES string of the molecule is C[C@H](Nc1cc(N2CCOCC2)nc(-c2c[nH]c3ncncc23)n1)C(N)=O. The van der Waals surface area contributed by atoms with Crippen molar-refractivity contribution in [3.05, 3.63) is 24.8 Å². The monoisotopic (exact) mass is 368 g/mol. The van der Waals surface area contributed by atoms with Gasteiger partial charge in [0, 0.05) is 42.5 Å². The lowest BCUT2D eigenvalue weighted by molar-refractivity contribution is -0.118. The zero-order valence-electron chi connectivity index (χ0n) is 14.8. The molecule has 1 saturated heterocycles. The maximum Gasteiger partial charge on any atom is 0.239 e. The first-order valence-electron chi connectivity index (χ1n) is 8.67. The standard InChI is InChI=1S/C17H20N8O2/c1-10(15(18)26)22-13-6-14(25-2-4-27-5-3-25)24-17(23-13)12-8-20-16-11(12)7-19-9-21-16/h6-10H,2-5H2,1H3,(H2,18,26)(H,19,20,21)(H,22,23,24)/t10-/m0/s1. The number of anilines is 2. The molecule has 0 aliphatic carbocycles. The van der Waals surface area contributed by atoms with Gasteiger partial charge in [-0.3, -0.25) is 4.79 Å². The van der Waals surface area contributed by atoms with Gasteiger partial charge >= 0.3 is 0 Å². The Hall–Kier alpha value is -3.27. The van der Waals surface area contributed by atoms with Gasteiger partial charge in [0.2, 0.25) is 5.91 Å². The molecule has 1 aliphatic heterocycles. The van der Waals surface area contributed by atoms with E-state index < -0.39 is 11.9 Å². The molecule has 3 aromatic heterocycles. The molecule has 4 rings (SSSR count). The summed E-state index contributed by atoms with van der Waals surface area (Å²) in [4.78, 5) is 34.3. The molecule has 0 radical (unpaired) electrons. The molecule has 4 heterocycles. The lowest BCUT2D eigenvalue weighted by Gasteiger charge is -2.28. The summed E-state index contributed by atoms with van der Waals surface area (Å²) < 4.78 is 5.42. The van der Waals surface area contributed by atoms with Crippen molar-refractivity contribution in [2.45, 2.75) is 13.0 Å². The number of hydrogen-bond donors (Lipinski definition) is 3. The molecule has 4 N–H and O–H groups in total. The number of aromatic amines is 1. The molecule has 27 heavy (non-hydrogen) atoms. The van der Waals surface area contributed by atoms with Crippen LogP contribution in [-0.4, -0.2) is 63.2 Å². The van der Waals surface area contributed by atoms with Gasteiger partial charge in [-0.05, 0) is 6.92 Å². The van der Waals surface area contributed by atoms with Crippen LogP contribution in [0.1, 0.15) is 6.92 Å². The molecule has 10 nitrogen and oxygen atoms in total. The summed E-state index contributed by atoms with van der Waals surface area (Å²) >= 11 is 0. The fraction of sp³-hybridized carbons (Fsp3) is 0.353. The molecule has 0 spiro atoms. The summed E-state index contributed by atoms with van der Waals surface area (Å²) in [5.74, 6) is 1.34. The maximum absolute atomic E-state index is 11.4. The van der Waals surface area contributed by atoms with Crippen LogP contribution >= 0.6 is 0 Å². The van der Waals surface area contributed by atoms with E-state index in [1.165, 1.54) is 6.33 Å². The Morgan fingerprint density at radius 2 is 2.19 bits per heavy atom. The molecule has 0 aromatic carbocycles. The largest absolute Gasteiger partial charge is 0.378 e. The number of carbonyl (C=O) groups is 1. The Morgan fingerprint density at radius 3 is 2.96 bits per heavy atom. The summed E-state index contributed by atoms with van der Waals surface area (Å²) in [6.07, 6.45) is 5.01. The molecule has 0 unspecified atom stereocenters. The van der Waals surface area contributed by atoms with Gasteiger partial charge in [0.05, 0.1) is 13.2 Å². The Kier molecular flexibility index (Phi) is 4.55. The van der Waals surface area contributed by atoms with E-state index in [9.17, 15) is 4.79 Å². The van der Waals surface area contributed by atoms with Gasteiger partial charge in [-0.25, -0.2) is 19.9 Å². The number of amides is 1. The Balaban J connectivity index is 1.78. The predicted octanol–water partition coefficient (Wildman–Crippen LogP) is 0.537. The second-order valence-corrected chi connectivity index (χ2v) is 6.29. The van der Waals surface area contributed by atoms with Crippen LogP contribution < -0.4 is 16.0 Å². The van der Waals surface area contributed by atoms with E-state index in [2.05, 4.69) is 30.2 Å². The number of H-pyrrole nitrogens is 1. The van der Waals surface area contributed by atoms with Gasteiger partial charge in [-0.15, -0.1) is 0 Å². The van der Waals surface area contributed by atoms with Crippen LogP contribution in [0.5, 0.6) is 0 Å². The number of ether oxygens (including phenoxy) is 1. The lowest BCUT2D eigenvalue weighted by atomic mass is 10.2. The Bertz CT molecular complexity index is 966. The summed E-state index contributed by atoms with van der Waals surface area (Å²) in [5.41, 5.74) is 6.87. The molecule has 1 amide bonds. The third kappa shape index (κ3) is 3.51. The quantitative estimate of drug-likeness (QED) is 0.594. The summed E-state index contributed by atoms with van der Waals surface area (Å²) in [7, 11) is 0. The number of nitrogens with zero attached hydrogens (tertiary/aromatic N) is 5. The third-order valence-electron chi connectivity index (χ3n) is 4.44. The molecule has 1 atom stereocenters. The second kappa shape index (κ2) is 7.16. The van der Waals surface area contributed by atoms with E-state index in [0.29, 0.717) is 30.5 Å². The van der Waals surface area contributed by atoms with Crippen LogP contribution in [-0.2, 0) is 9.53 Å². The van der Waals surface area contributed by atoms with E-state index >= 15 is 0 Å². The number of nitrogens with two attached hydrogens (primary N) is 1. The third-order valence-corrected chi connectivity index (χ3v) is 4.44. The number of carbonyl (C=O) groups excluding carboxylic acids is 1. The van der Waals surface area contributed by atoms with Crippen molar-refractivity contribution >= 4 is 28.6 Å². The van der Waals surface area contributed by atoms with Crippen molar-refractivity contribution in [3.8, 4) is 11.4 Å². The Morgan fingerprint density at radius 1 is 1.37 bits per heavy atom. The highest BCUT2D eigenvalue weighted by Gasteiger charge is 2.19. The average molecular weight is 368 g/mol. The molecule has 140 valence electrons. The topological polar surface area (TPSA) is 135 Å². The smallest absolute Gasteiger partial charge is 0.239 e. The van der Waals surface area contributed by atoms with Crippen molar-refractivity contribution in [1.82, 2.24) is 24.9 Å². The van der Waals surface area contributed by atoms with Gasteiger partial charge in [-0.2, -0.15) is 0 Å². The number of primary amides is 1. The molecule has 1 aliphatic rings. The van der Waals surface area contributed by atoms with Gasteiger partial charge in [0.25, 0.3) is 0 Å². The molecular weight excluding hydrogens is 348 g/mol. The van der Waals surface area contributed by atoms with E-state index in [1.807, 2.05) is 6.07 Å². The minimum absolute atomic E-state index is 0.455. The lowest BCUT2D eigenvalue weighted by Crippen LogP contribution is -2.37. The first-order chi connectivity index (χ1) is 13.1. The van der Waals surface area contributed by atoms with Crippen molar-refractivity contribution in [1.29, 1.82) is 0 Å². The summed E-state index contributed by atoms with van der Waals surface area (Å²) in [6.45, 7) is 4.44. The first kappa shape index (κ1) is 17.2. The van der Waals surface area contributed by atoms with Crippen molar-refractivity contribution in [2.24, 2.45) is 5.73 Å². The van der Waals surface area contributed by atoms with Crippen LogP contribution in [0.2, 0.25) is 0 Å². The van der Waals surface area contributed by atoms with Crippen LogP contribution in [0.25, 0.3) is 22.4 Å². The summed E-state index contributed by atoms with van der Waals surface area (Å²) in [5, 5.41) is 3.87. The highest BCUT2D eigenvalue weighted by atomic mass is 16.5. The van der Waals surface area contributed by atoms with E-state index in [0.717, 1.165) is 29.9 Å². The highest BCUT2D eigenvalue weighted by molar-refractivity contribution is 5.91. The fourth-order valence-corrected chi connectivity index (χ4v) is 2.92. The second-order valence-electron chi connectivity index (χ2n) is 6.29. The van der Waals surface area contributed by atoms with E-state index in [1.54, 1.807) is 19.3 Å². The molecule has 1 fully saturated rings. The Labute approximate surface area is 155 Å². The molecule has 0 saturated carbocycles. The number of morpholine rings is 1. The van der Waals surface area contributed by atoms with Crippen molar-refractivity contribution < 1.29 is 9.53 Å². The van der Waals surface area contributed by atoms with Gasteiger partial charge in [-0.1, -0.05) is 0 Å². The minimum atomic E-state index is -0.559. The minimum Gasteiger partial charge on any atom is -0.378 e. The van der Waals surface area contributed by atoms with Crippen molar-refractivity contribution in [3.63, 3.8) is 0 Å². The average Bonchev–Trinajstić information content (AvgIpc) is 3.12. The number of aromatic nitrogens is 5. The molecule has 3 aromatic rings. The number of nitrogens with one attached hydrogen (secondary N) is 2. The van der Waals surface area contributed by atoms with Crippen LogP contribution in [0.3, 0.4) is 0 Å². The summed E-state index contributed by atoms with van der Waals surface area (Å²) in [6, 6.07) is 1.26. The first-order valence-corrected chi connectivity index (χ1v) is 8.67. The molecule has 0 bridgehead atoms. The molecule has 10 heteroatoms. The van der Waals surface area contributed by atoms with Gasteiger partial charge < -0.3 is 25.7 Å².